The third kappa shape index (κ3) is 1.96. The predicted molar refractivity (Wildman–Crippen MR) is 63.6 cm³/mol. The van der Waals surface area contributed by atoms with E-state index in [2.05, 4.69) is 19.2 Å². The van der Waals surface area contributed by atoms with Crippen LogP contribution in [0.1, 0.15) is 30.6 Å². The van der Waals surface area contributed by atoms with Crippen molar-refractivity contribution >= 4 is 17.3 Å². The Bertz CT molecular complexity index is 441. The molecule has 0 heterocycles. The van der Waals surface area contributed by atoms with Crippen LogP contribution in [0, 0.1) is 5.41 Å². The lowest BCUT2D eigenvalue weighted by Crippen LogP contribution is -2.11. The fourth-order valence-electron chi connectivity index (χ4n) is 1.72. The highest BCUT2D eigenvalue weighted by atomic mass is 16.4. The van der Waals surface area contributed by atoms with Crippen molar-refractivity contribution in [2.24, 2.45) is 5.41 Å². The zero-order chi connectivity index (χ0) is 11.9. The molecule has 1 aliphatic rings. The summed E-state index contributed by atoms with van der Waals surface area (Å²) in [5.74, 6) is -0.932. The number of nitrogens with two attached hydrogens (primary N) is 1. The van der Waals surface area contributed by atoms with E-state index in [-0.39, 0.29) is 11.0 Å². The minimum absolute atomic E-state index is 0.259. The number of nitrogens with one attached hydrogen (secondary N) is 1. The second-order valence-corrected chi connectivity index (χ2v) is 5.00. The molecule has 0 amide bonds. The molecule has 1 aromatic rings. The first-order chi connectivity index (χ1) is 7.40. The topological polar surface area (TPSA) is 75.3 Å². The highest BCUT2D eigenvalue weighted by Crippen LogP contribution is 2.47. The average Bonchev–Trinajstić information content (AvgIpc) is 2.77. The van der Waals surface area contributed by atoms with E-state index in [4.69, 9.17) is 10.8 Å². The van der Waals surface area contributed by atoms with Crippen LogP contribution < -0.4 is 11.1 Å². The van der Waals surface area contributed by atoms with Gasteiger partial charge in [-0.15, -0.1) is 0 Å². The van der Waals surface area contributed by atoms with E-state index in [0.29, 0.717) is 11.7 Å². The lowest BCUT2D eigenvalue weighted by atomic mass is 10.1. The first-order valence-corrected chi connectivity index (χ1v) is 5.29. The molecule has 1 unspecified atom stereocenters. The van der Waals surface area contributed by atoms with Crippen LogP contribution in [-0.4, -0.2) is 17.1 Å². The Kier molecular flexibility index (Phi) is 2.30. The molecule has 4 nitrogen and oxygen atoms in total. The quantitative estimate of drug-likeness (QED) is 0.682. The van der Waals surface area contributed by atoms with Gasteiger partial charge in [-0.3, -0.25) is 0 Å². The zero-order valence-corrected chi connectivity index (χ0v) is 9.45. The van der Waals surface area contributed by atoms with Gasteiger partial charge in [0.15, 0.2) is 0 Å². The average molecular weight is 220 g/mol. The van der Waals surface area contributed by atoms with Crippen molar-refractivity contribution in [3.05, 3.63) is 23.8 Å². The van der Waals surface area contributed by atoms with Gasteiger partial charge < -0.3 is 16.2 Å². The molecule has 0 radical (unpaired) electrons. The van der Waals surface area contributed by atoms with Crippen LogP contribution in [0.25, 0.3) is 0 Å². The van der Waals surface area contributed by atoms with Crippen LogP contribution in [0.3, 0.4) is 0 Å². The molecule has 0 aliphatic heterocycles. The lowest BCUT2D eigenvalue weighted by Gasteiger charge is -2.11. The van der Waals surface area contributed by atoms with E-state index in [1.807, 2.05) is 0 Å². The van der Waals surface area contributed by atoms with Gasteiger partial charge in [-0.1, -0.05) is 13.8 Å². The van der Waals surface area contributed by atoms with E-state index in [1.54, 1.807) is 12.1 Å². The van der Waals surface area contributed by atoms with Gasteiger partial charge in [0.1, 0.15) is 0 Å². The van der Waals surface area contributed by atoms with Crippen molar-refractivity contribution in [1.82, 2.24) is 0 Å². The number of hydrogen-bond donors (Lipinski definition) is 3. The Morgan fingerprint density at radius 1 is 1.56 bits per heavy atom. The van der Waals surface area contributed by atoms with E-state index >= 15 is 0 Å². The smallest absolute Gasteiger partial charge is 0.335 e. The number of anilines is 2. The summed E-state index contributed by atoms with van der Waals surface area (Å²) in [5.41, 5.74) is 7.65. The molecule has 16 heavy (non-hydrogen) atoms. The highest BCUT2D eigenvalue weighted by molar-refractivity contribution is 5.90. The molecule has 86 valence electrons. The van der Waals surface area contributed by atoms with Crippen LogP contribution in [0.2, 0.25) is 0 Å². The standard InChI is InChI=1S/C12H16N2O2/c1-12(2)6-10(12)14-9-5-7(11(15)16)3-4-8(9)13/h3-5,10,14H,6,13H2,1-2H3,(H,15,16). The Labute approximate surface area is 94.5 Å². The molecule has 4 heteroatoms. The van der Waals surface area contributed by atoms with Gasteiger partial charge in [0.2, 0.25) is 0 Å². The number of rotatable bonds is 3. The number of carboxylic acid groups (broad SMARTS) is 1. The summed E-state index contributed by atoms with van der Waals surface area (Å²) in [6.07, 6.45) is 1.09. The molecule has 0 saturated heterocycles. The van der Waals surface area contributed by atoms with Crippen LogP contribution >= 0.6 is 0 Å². The number of nitrogen functional groups attached to an aromatic ring is 1. The van der Waals surface area contributed by atoms with Crippen molar-refractivity contribution in [3.63, 3.8) is 0 Å². The minimum atomic E-state index is -0.932. The van der Waals surface area contributed by atoms with Gasteiger partial charge in [-0.05, 0) is 30.0 Å². The van der Waals surface area contributed by atoms with Crippen molar-refractivity contribution < 1.29 is 9.90 Å². The summed E-state index contributed by atoms with van der Waals surface area (Å²) in [4.78, 5) is 10.8. The van der Waals surface area contributed by atoms with Crippen molar-refractivity contribution in [3.8, 4) is 0 Å². The first kappa shape index (κ1) is 10.8. The summed E-state index contributed by atoms with van der Waals surface area (Å²) < 4.78 is 0. The summed E-state index contributed by atoms with van der Waals surface area (Å²) in [6, 6.07) is 5.12. The van der Waals surface area contributed by atoms with E-state index in [1.165, 1.54) is 6.07 Å². The first-order valence-electron chi connectivity index (χ1n) is 5.29. The Balaban J connectivity index is 2.20. The molecular formula is C12H16N2O2. The van der Waals surface area contributed by atoms with Crippen LogP contribution in [0.15, 0.2) is 18.2 Å². The molecule has 1 aliphatic carbocycles. The van der Waals surface area contributed by atoms with Crippen molar-refractivity contribution in [2.75, 3.05) is 11.1 Å². The molecule has 0 bridgehead atoms. The lowest BCUT2D eigenvalue weighted by molar-refractivity contribution is 0.0697. The second-order valence-electron chi connectivity index (χ2n) is 5.00. The van der Waals surface area contributed by atoms with Gasteiger partial charge >= 0.3 is 5.97 Å². The monoisotopic (exact) mass is 220 g/mol. The number of benzene rings is 1. The van der Waals surface area contributed by atoms with Crippen LogP contribution in [-0.2, 0) is 0 Å². The number of carboxylic acids is 1. The number of aromatic carboxylic acids is 1. The maximum Gasteiger partial charge on any atom is 0.335 e. The van der Waals surface area contributed by atoms with Gasteiger partial charge in [0, 0.05) is 6.04 Å². The van der Waals surface area contributed by atoms with Crippen LogP contribution in [0.5, 0.6) is 0 Å². The van der Waals surface area contributed by atoms with Gasteiger partial charge in [-0.2, -0.15) is 0 Å². The third-order valence-corrected chi connectivity index (χ3v) is 3.14. The predicted octanol–water partition coefficient (Wildman–Crippen LogP) is 2.18. The van der Waals surface area contributed by atoms with Gasteiger partial charge in [0.25, 0.3) is 0 Å². The zero-order valence-electron chi connectivity index (χ0n) is 9.45. The molecule has 1 saturated carbocycles. The second kappa shape index (κ2) is 3.40. The Hall–Kier alpha value is -1.71. The van der Waals surface area contributed by atoms with Crippen LogP contribution in [0.4, 0.5) is 11.4 Å². The largest absolute Gasteiger partial charge is 0.478 e. The Morgan fingerprint density at radius 2 is 2.19 bits per heavy atom. The molecule has 0 aromatic heterocycles. The minimum Gasteiger partial charge on any atom is -0.478 e. The normalized spacial score (nSPS) is 21.5. The fraction of sp³-hybridized carbons (Fsp3) is 0.417. The molecule has 1 aromatic carbocycles. The van der Waals surface area contributed by atoms with E-state index in [9.17, 15) is 4.79 Å². The highest BCUT2D eigenvalue weighted by Gasteiger charge is 2.45. The molecule has 4 N–H and O–H groups in total. The molecule has 1 fully saturated rings. The van der Waals surface area contributed by atoms with Gasteiger partial charge in [0.05, 0.1) is 16.9 Å². The van der Waals surface area contributed by atoms with Crippen molar-refractivity contribution in [1.29, 1.82) is 0 Å². The SMILES string of the molecule is CC1(C)CC1Nc1cc(C(=O)O)ccc1N. The summed E-state index contributed by atoms with van der Waals surface area (Å²) in [5, 5.41) is 12.2. The molecular weight excluding hydrogens is 204 g/mol. The van der Waals surface area contributed by atoms with E-state index in [0.717, 1.165) is 12.1 Å². The molecule has 2 rings (SSSR count). The maximum atomic E-state index is 10.8. The van der Waals surface area contributed by atoms with Gasteiger partial charge in [-0.25, -0.2) is 4.79 Å². The fourth-order valence-corrected chi connectivity index (χ4v) is 1.72. The third-order valence-electron chi connectivity index (χ3n) is 3.14. The summed E-state index contributed by atoms with van der Waals surface area (Å²) in [7, 11) is 0. The Morgan fingerprint density at radius 3 is 2.69 bits per heavy atom. The number of carbonyl (C=O) groups is 1. The van der Waals surface area contributed by atoms with Crippen molar-refractivity contribution in [2.45, 2.75) is 26.3 Å². The number of hydrogen-bond acceptors (Lipinski definition) is 3. The molecule has 1 atom stereocenters. The van der Waals surface area contributed by atoms with E-state index < -0.39 is 5.97 Å². The molecule has 0 spiro atoms. The summed E-state index contributed by atoms with van der Waals surface area (Å²) >= 11 is 0. The maximum absolute atomic E-state index is 10.8. The summed E-state index contributed by atoms with van der Waals surface area (Å²) in [6.45, 7) is 4.34.